The molecule has 0 bridgehead atoms. The number of halogens is 2. The van der Waals surface area contributed by atoms with Gasteiger partial charge in [-0.1, -0.05) is 11.6 Å². The summed E-state index contributed by atoms with van der Waals surface area (Å²) in [6.45, 7) is 1.60. The first-order valence-electron chi connectivity index (χ1n) is 8.46. The molecule has 0 amide bonds. The zero-order chi connectivity index (χ0) is 20.3. The lowest BCUT2D eigenvalue weighted by atomic mass is 10.3. The molecule has 10 heteroatoms. The maximum absolute atomic E-state index is 12.9. The van der Waals surface area contributed by atoms with Crippen molar-refractivity contribution in [3.8, 4) is 17.2 Å². The highest BCUT2D eigenvalue weighted by Gasteiger charge is 2.24. The van der Waals surface area contributed by atoms with Crippen LogP contribution in [-0.4, -0.2) is 41.8 Å². The molecule has 0 saturated carbocycles. The number of methoxy groups -OCH3 is 2. The Hall–Kier alpha value is -1.68. The minimum Gasteiger partial charge on any atom is -0.493 e. The molecule has 1 saturated heterocycles. The molecule has 1 heterocycles. The minimum absolute atomic E-state index is 0.00403. The third-order valence-electron chi connectivity index (χ3n) is 4.23. The predicted octanol–water partition coefficient (Wildman–Crippen LogP) is 3.66. The molecule has 28 heavy (non-hydrogen) atoms. The van der Waals surface area contributed by atoms with Gasteiger partial charge in [-0.2, -0.15) is 0 Å². The van der Waals surface area contributed by atoms with Crippen LogP contribution in [0.25, 0.3) is 0 Å². The normalized spacial score (nSPS) is 16.6. The van der Waals surface area contributed by atoms with Gasteiger partial charge in [0.05, 0.1) is 29.4 Å². The van der Waals surface area contributed by atoms with Crippen molar-refractivity contribution < 1.29 is 22.6 Å². The van der Waals surface area contributed by atoms with E-state index in [0.29, 0.717) is 28.0 Å². The molecule has 0 aliphatic carbocycles. The number of benzene rings is 2. The average Bonchev–Trinajstić information content (AvgIpc) is 3.16. The summed E-state index contributed by atoms with van der Waals surface area (Å²) in [4.78, 5) is 0.0163. The van der Waals surface area contributed by atoms with E-state index in [9.17, 15) is 8.42 Å². The number of nitrogens with one attached hydrogen (secondary N) is 2. The number of rotatable bonds is 7. The van der Waals surface area contributed by atoms with Crippen LogP contribution in [0.1, 0.15) is 6.42 Å². The van der Waals surface area contributed by atoms with Gasteiger partial charge in [-0.25, -0.2) is 8.42 Å². The van der Waals surface area contributed by atoms with Crippen LogP contribution >= 0.6 is 27.5 Å². The second kappa shape index (κ2) is 8.77. The first-order valence-corrected chi connectivity index (χ1v) is 11.1. The van der Waals surface area contributed by atoms with Gasteiger partial charge in [0.2, 0.25) is 0 Å². The topological polar surface area (TPSA) is 85.9 Å². The smallest absolute Gasteiger partial charge is 0.263 e. The van der Waals surface area contributed by atoms with Gasteiger partial charge in [-0.05, 0) is 53.2 Å². The Morgan fingerprint density at radius 1 is 1.18 bits per heavy atom. The van der Waals surface area contributed by atoms with Crippen LogP contribution in [0, 0.1) is 0 Å². The molecule has 1 aliphatic rings. The van der Waals surface area contributed by atoms with Gasteiger partial charge in [0.1, 0.15) is 16.7 Å². The van der Waals surface area contributed by atoms with E-state index in [1.807, 2.05) is 0 Å². The van der Waals surface area contributed by atoms with Crippen LogP contribution in [0.5, 0.6) is 17.2 Å². The first kappa shape index (κ1) is 21.0. The van der Waals surface area contributed by atoms with Crippen molar-refractivity contribution in [1.82, 2.24) is 5.32 Å². The monoisotopic (exact) mass is 490 g/mol. The summed E-state index contributed by atoms with van der Waals surface area (Å²) in [6, 6.07) is 7.72. The van der Waals surface area contributed by atoms with Crippen molar-refractivity contribution in [3.05, 3.63) is 39.8 Å². The fourth-order valence-electron chi connectivity index (χ4n) is 2.85. The van der Waals surface area contributed by atoms with Crippen molar-refractivity contribution in [1.29, 1.82) is 0 Å². The van der Waals surface area contributed by atoms with E-state index in [4.69, 9.17) is 25.8 Å². The summed E-state index contributed by atoms with van der Waals surface area (Å²) in [5.41, 5.74) is 0.340. The summed E-state index contributed by atoms with van der Waals surface area (Å²) in [7, 11) is -0.986. The number of hydrogen-bond acceptors (Lipinski definition) is 6. The predicted molar refractivity (Wildman–Crippen MR) is 111 cm³/mol. The fourth-order valence-corrected chi connectivity index (χ4v) is 5.27. The van der Waals surface area contributed by atoms with Gasteiger partial charge >= 0.3 is 0 Å². The Balaban J connectivity index is 1.88. The molecule has 1 atom stereocenters. The van der Waals surface area contributed by atoms with Gasteiger partial charge in [-0.15, -0.1) is 0 Å². The van der Waals surface area contributed by atoms with Gasteiger partial charge in [0, 0.05) is 12.6 Å². The molecule has 0 radical (unpaired) electrons. The standard InChI is InChI=1S/C18H20BrClN2O5S/c1-25-14-5-6-16(17(19)18(14)26-2)28(23,24)22-11-3-4-13(20)15(9-11)27-12-7-8-21-10-12/h3-6,9,12,21-22H,7-8,10H2,1-2H3/t12-/m1/s1. The Morgan fingerprint density at radius 2 is 1.96 bits per heavy atom. The molecule has 1 fully saturated rings. The average molecular weight is 492 g/mol. The lowest BCUT2D eigenvalue weighted by Crippen LogP contribution is -2.20. The zero-order valence-electron chi connectivity index (χ0n) is 15.3. The van der Waals surface area contributed by atoms with Crippen molar-refractivity contribution in [2.45, 2.75) is 17.4 Å². The molecular formula is C18H20BrClN2O5S. The summed E-state index contributed by atoms with van der Waals surface area (Å²) in [6.07, 6.45) is 0.870. The van der Waals surface area contributed by atoms with Crippen LogP contribution in [0.4, 0.5) is 5.69 Å². The summed E-state index contributed by atoms with van der Waals surface area (Å²) in [5, 5.41) is 3.62. The van der Waals surface area contributed by atoms with Gasteiger partial charge < -0.3 is 19.5 Å². The highest BCUT2D eigenvalue weighted by atomic mass is 79.9. The first-order chi connectivity index (χ1) is 13.4. The van der Waals surface area contributed by atoms with E-state index in [0.717, 1.165) is 19.5 Å². The second-order valence-corrected chi connectivity index (χ2v) is 8.95. The van der Waals surface area contributed by atoms with Crippen LogP contribution in [0.3, 0.4) is 0 Å². The van der Waals surface area contributed by atoms with Crippen molar-refractivity contribution in [2.75, 3.05) is 32.0 Å². The van der Waals surface area contributed by atoms with Crippen LogP contribution in [0.2, 0.25) is 5.02 Å². The second-order valence-electron chi connectivity index (χ2n) is 6.10. The molecule has 2 aromatic carbocycles. The zero-order valence-corrected chi connectivity index (χ0v) is 18.4. The van der Waals surface area contributed by atoms with E-state index in [1.54, 1.807) is 18.2 Å². The summed E-state index contributed by atoms with van der Waals surface area (Å²) >= 11 is 9.49. The molecule has 2 aromatic rings. The van der Waals surface area contributed by atoms with Crippen molar-refractivity contribution in [3.63, 3.8) is 0 Å². The summed E-state index contributed by atoms with van der Waals surface area (Å²) < 4.78 is 45.0. The van der Waals surface area contributed by atoms with E-state index in [2.05, 4.69) is 26.0 Å². The van der Waals surface area contributed by atoms with Gasteiger partial charge in [0.15, 0.2) is 11.5 Å². The Kier molecular flexibility index (Phi) is 6.59. The maximum atomic E-state index is 12.9. The largest absolute Gasteiger partial charge is 0.493 e. The minimum atomic E-state index is -3.90. The molecule has 0 unspecified atom stereocenters. The van der Waals surface area contributed by atoms with E-state index >= 15 is 0 Å². The maximum Gasteiger partial charge on any atom is 0.263 e. The Morgan fingerprint density at radius 3 is 2.61 bits per heavy atom. The molecule has 2 N–H and O–H groups in total. The SMILES string of the molecule is COc1ccc(S(=O)(=O)Nc2ccc(Cl)c(O[C@@H]3CCNC3)c2)c(Br)c1OC. The van der Waals surface area contributed by atoms with Crippen LogP contribution in [-0.2, 0) is 10.0 Å². The molecule has 0 aromatic heterocycles. The molecule has 0 spiro atoms. The van der Waals surface area contributed by atoms with E-state index in [1.165, 1.54) is 26.4 Å². The third-order valence-corrected chi connectivity index (χ3v) is 7.02. The molecule has 152 valence electrons. The quantitative estimate of drug-likeness (QED) is 0.615. The van der Waals surface area contributed by atoms with Crippen LogP contribution in [0.15, 0.2) is 39.7 Å². The highest BCUT2D eigenvalue weighted by Crippen LogP contribution is 2.40. The van der Waals surface area contributed by atoms with Crippen molar-refractivity contribution in [2.24, 2.45) is 0 Å². The molecular weight excluding hydrogens is 472 g/mol. The molecule has 1 aliphatic heterocycles. The number of sulfonamides is 1. The number of ether oxygens (including phenoxy) is 3. The Bertz CT molecular complexity index is 965. The number of anilines is 1. The van der Waals surface area contributed by atoms with Crippen molar-refractivity contribution >= 4 is 43.2 Å². The van der Waals surface area contributed by atoms with Crippen LogP contribution < -0.4 is 24.2 Å². The lowest BCUT2D eigenvalue weighted by Gasteiger charge is -2.17. The van der Waals surface area contributed by atoms with Gasteiger partial charge in [-0.3, -0.25) is 4.72 Å². The summed E-state index contributed by atoms with van der Waals surface area (Å²) in [5.74, 6) is 1.14. The molecule has 7 nitrogen and oxygen atoms in total. The lowest BCUT2D eigenvalue weighted by molar-refractivity contribution is 0.223. The van der Waals surface area contributed by atoms with E-state index < -0.39 is 10.0 Å². The third kappa shape index (κ3) is 4.48. The van der Waals surface area contributed by atoms with Gasteiger partial charge in [0.25, 0.3) is 10.0 Å². The van der Waals surface area contributed by atoms with E-state index in [-0.39, 0.29) is 15.5 Å². The Labute approximate surface area is 177 Å². The molecule has 3 rings (SSSR count). The number of hydrogen-bond donors (Lipinski definition) is 2. The fraction of sp³-hybridized carbons (Fsp3) is 0.333. The highest BCUT2D eigenvalue weighted by molar-refractivity contribution is 9.10.